The molecule has 4 saturated carbocycles. The number of ether oxygens (including phenoxy) is 1. The topological polar surface area (TPSA) is 82.7 Å². The molecule has 242 valence electrons. The van der Waals surface area contributed by atoms with E-state index in [1.54, 1.807) is 0 Å². The summed E-state index contributed by atoms with van der Waals surface area (Å²) in [4.78, 5) is 27.8. The summed E-state index contributed by atoms with van der Waals surface area (Å²) in [5.41, 5.74) is 0.706. The van der Waals surface area contributed by atoms with Gasteiger partial charge in [-0.25, -0.2) is 0 Å². The van der Waals surface area contributed by atoms with E-state index in [0.717, 1.165) is 69.0 Å². The van der Waals surface area contributed by atoms with Gasteiger partial charge in [0.1, 0.15) is 12.1 Å². The molecular weight excluding hydrogens is 536 g/mol. The molecule has 0 bridgehead atoms. The molecule has 7 rings (SSSR count). The van der Waals surface area contributed by atoms with Crippen LogP contribution in [0.4, 0.5) is 0 Å². The Kier molecular flexibility index (Phi) is 7.98. The van der Waals surface area contributed by atoms with Crippen molar-refractivity contribution in [2.45, 2.75) is 135 Å². The quantitative estimate of drug-likeness (QED) is 0.394. The number of hydrogen-bond donors (Lipinski definition) is 3. The van der Waals surface area contributed by atoms with Gasteiger partial charge in [0.05, 0.1) is 6.10 Å². The summed E-state index contributed by atoms with van der Waals surface area (Å²) in [5, 5.41) is 10.3. The van der Waals surface area contributed by atoms with Crippen molar-refractivity contribution >= 4 is 11.8 Å². The summed E-state index contributed by atoms with van der Waals surface area (Å²) < 4.78 is 7.09. The molecule has 1 spiro atoms. The number of nitrogens with zero attached hydrogens (tertiary/aromatic N) is 1. The lowest BCUT2D eigenvalue weighted by Gasteiger charge is -2.61. The van der Waals surface area contributed by atoms with Crippen LogP contribution in [0.3, 0.4) is 0 Å². The van der Waals surface area contributed by atoms with Crippen molar-refractivity contribution in [3.63, 3.8) is 0 Å². The molecule has 0 aromatic rings. The predicted octanol–water partition coefficient (Wildman–Crippen LogP) is 5.09. The molecule has 7 heteroatoms. The van der Waals surface area contributed by atoms with Crippen LogP contribution in [0.25, 0.3) is 0 Å². The monoisotopic (exact) mass is 596 g/mol. The van der Waals surface area contributed by atoms with Gasteiger partial charge in [-0.15, -0.1) is 0 Å². The standard InChI is InChI=1S/C36H60N4O3/c1-22-8-15-36(37-21-22)23(2)33-30(43-36)19-29-27-7-6-24-18-26(9-13-34(24,3)28(27)10-14-35(29,33)4)39-32(42)20-31(41)38-25-11-16-40(5)17-12-25/h22-30,33,37H,6-21H2,1-5H3,(H,38,41)(H,39,42)/t22-,23+,24-,26+,27-,28+,29+,30+,33+,34+,35+,36-/m1/s1. The molecule has 12 atom stereocenters. The average Bonchev–Trinajstić information content (AvgIpc) is 3.41. The molecule has 3 saturated heterocycles. The van der Waals surface area contributed by atoms with Gasteiger partial charge in [0.15, 0.2) is 0 Å². The van der Waals surface area contributed by atoms with Crippen molar-refractivity contribution in [3.8, 4) is 0 Å². The summed E-state index contributed by atoms with van der Waals surface area (Å²) in [6.45, 7) is 13.3. The van der Waals surface area contributed by atoms with Gasteiger partial charge in [0.2, 0.25) is 11.8 Å². The number of nitrogens with one attached hydrogen (secondary N) is 3. The zero-order chi connectivity index (χ0) is 30.1. The molecule has 4 aliphatic carbocycles. The van der Waals surface area contributed by atoms with Crippen LogP contribution in [0.1, 0.15) is 111 Å². The number of fused-ring (bicyclic) bond motifs is 7. The third-order valence-electron chi connectivity index (χ3n) is 14.9. The summed E-state index contributed by atoms with van der Waals surface area (Å²) in [7, 11) is 2.12. The van der Waals surface area contributed by atoms with Crippen molar-refractivity contribution in [2.24, 2.45) is 52.3 Å². The molecular formula is C36H60N4O3. The lowest BCUT2D eigenvalue weighted by molar-refractivity contribution is -0.137. The second kappa shape index (κ2) is 11.3. The Morgan fingerprint density at radius 1 is 0.837 bits per heavy atom. The van der Waals surface area contributed by atoms with Crippen LogP contribution in [-0.2, 0) is 14.3 Å². The van der Waals surface area contributed by atoms with Crippen molar-refractivity contribution in [1.82, 2.24) is 20.9 Å². The van der Waals surface area contributed by atoms with Crippen molar-refractivity contribution in [1.29, 1.82) is 0 Å². The number of rotatable bonds is 4. The lowest BCUT2D eigenvalue weighted by Crippen LogP contribution is -2.58. The average molecular weight is 597 g/mol. The fraction of sp³-hybridized carbons (Fsp3) is 0.944. The maximum absolute atomic E-state index is 12.9. The van der Waals surface area contributed by atoms with Gasteiger partial charge in [-0.3, -0.25) is 14.9 Å². The van der Waals surface area contributed by atoms with Crippen LogP contribution in [0, 0.1) is 52.3 Å². The van der Waals surface area contributed by atoms with E-state index in [-0.39, 0.29) is 36.0 Å². The number of amides is 2. The highest BCUT2D eigenvalue weighted by atomic mass is 16.5. The molecule has 3 heterocycles. The number of hydrogen-bond acceptors (Lipinski definition) is 5. The largest absolute Gasteiger partial charge is 0.357 e. The second-order valence-corrected chi connectivity index (χ2v) is 17.2. The third-order valence-corrected chi connectivity index (χ3v) is 14.9. The first-order chi connectivity index (χ1) is 20.5. The number of carbonyl (C=O) groups is 2. The Bertz CT molecular complexity index is 1070. The Balaban J connectivity index is 0.948. The van der Waals surface area contributed by atoms with Crippen molar-refractivity contribution in [2.75, 3.05) is 26.7 Å². The van der Waals surface area contributed by atoms with Crippen LogP contribution >= 0.6 is 0 Å². The Labute approximate surface area is 260 Å². The first kappa shape index (κ1) is 30.5. The molecule has 43 heavy (non-hydrogen) atoms. The van der Waals surface area contributed by atoms with E-state index < -0.39 is 0 Å². The number of piperidine rings is 2. The zero-order valence-electron chi connectivity index (χ0n) is 27.8. The van der Waals surface area contributed by atoms with Gasteiger partial charge in [-0.1, -0.05) is 27.7 Å². The first-order valence-electron chi connectivity index (χ1n) is 18.2. The van der Waals surface area contributed by atoms with Gasteiger partial charge in [0.25, 0.3) is 0 Å². The minimum absolute atomic E-state index is 0.0333. The van der Waals surface area contributed by atoms with E-state index in [9.17, 15) is 9.59 Å². The smallest absolute Gasteiger partial charge is 0.229 e. The minimum Gasteiger partial charge on any atom is -0.357 e. The Hall–Kier alpha value is -1.18. The summed E-state index contributed by atoms with van der Waals surface area (Å²) in [6.07, 6.45) is 14.8. The molecule has 2 amide bonds. The van der Waals surface area contributed by atoms with Gasteiger partial charge in [0, 0.05) is 24.5 Å². The first-order valence-corrected chi connectivity index (χ1v) is 18.2. The lowest BCUT2D eigenvalue weighted by atomic mass is 9.44. The molecule has 7 nitrogen and oxygen atoms in total. The highest BCUT2D eigenvalue weighted by Gasteiger charge is 2.68. The molecule has 7 fully saturated rings. The molecule has 0 radical (unpaired) electrons. The van der Waals surface area contributed by atoms with Gasteiger partial charge < -0.3 is 20.3 Å². The number of carbonyl (C=O) groups excluding carboxylic acids is 2. The van der Waals surface area contributed by atoms with Crippen LogP contribution in [0.15, 0.2) is 0 Å². The van der Waals surface area contributed by atoms with Crippen LogP contribution in [-0.4, -0.2) is 67.3 Å². The predicted molar refractivity (Wildman–Crippen MR) is 169 cm³/mol. The summed E-state index contributed by atoms with van der Waals surface area (Å²) in [5.74, 6) is 4.93. The van der Waals surface area contributed by atoms with E-state index in [1.165, 1.54) is 51.4 Å². The molecule has 0 aromatic heterocycles. The van der Waals surface area contributed by atoms with Gasteiger partial charge in [-0.2, -0.15) is 0 Å². The maximum atomic E-state index is 12.9. The number of likely N-dealkylation sites (tertiary alicyclic amines) is 1. The summed E-state index contributed by atoms with van der Waals surface area (Å²) in [6, 6.07) is 0.427. The SMILES string of the molecule is C[C@@H]1CC[C@@]2(NC1)O[C@H]1C[C@H]3[C@@H]4CC[C@@H]5C[C@@H](NC(=O)CC(=O)NC6CCN(C)CC6)CC[C@]5(C)[C@H]4CC[C@]3(C)[C@H]1[C@@H]2C. The fourth-order valence-corrected chi connectivity index (χ4v) is 12.4. The van der Waals surface area contributed by atoms with E-state index >= 15 is 0 Å². The fourth-order valence-electron chi connectivity index (χ4n) is 12.4. The van der Waals surface area contributed by atoms with Crippen LogP contribution in [0.2, 0.25) is 0 Å². The van der Waals surface area contributed by atoms with Gasteiger partial charge in [-0.05, 0) is 144 Å². The van der Waals surface area contributed by atoms with Gasteiger partial charge >= 0.3 is 0 Å². The normalized spacial score (nSPS) is 49.9. The zero-order valence-corrected chi connectivity index (χ0v) is 27.8. The Morgan fingerprint density at radius 3 is 2.28 bits per heavy atom. The third kappa shape index (κ3) is 5.19. The molecule has 3 N–H and O–H groups in total. The molecule has 0 unspecified atom stereocenters. The highest BCUT2D eigenvalue weighted by Crippen LogP contribution is 2.71. The highest BCUT2D eigenvalue weighted by molar-refractivity contribution is 5.97. The van der Waals surface area contributed by atoms with E-state index in [0.29, 0.717) is 34.7 Å². The summed E-state index contributed by atoms with van der Waals surface area (Å²) >= 11 is 0. The molecule has 0 aromatic carbocycles. The molecule has 7 aliphatic rings. The minimum atomic E-state index is -0.113. The second-order valence-electron chi connectivity index (χ2n) is 17.2. The van der Waals surface area contributed by atoms with E-state index in [2.05, 4.69) is 55.6 Å². The van der Waals surface area contributed by atoms with E-state index in [4.69, 9.17) is 4.74 Å². The van der Waals surface area contributed by atoms with Crippen LogP contribution in [0.5, 0.6) is 0 Å². The maximum Gasteiger partial charge on any atom is 0.229 e. The molecule has 3 aliphatic heterocycles. The van der Waals surface area contributed by atoms with Crippen molar-refractivity contribution < 1.29 is 14.3 Å². The Morgan fingerprint density at radius 2 is 1.56 bits per heavy atom. The van der Waals surface area contributed by atoms with Crippen LogP contribution < -0.4 is 16.0 Å². The van der Waals surface area contributed by atoms with E-state index in [1.807, 2.05) is 0 Å². The van der Waals surface area contributed by atoms with Crippen molar-refractivity contribution in [3.05, 3.63) is 0 Å².